The monoisotopic (exact) mass is 420 g/mol. The van der Waals surface area contributed by atoms with Crippen molar-refractivity contribution in [1.82, 2.24) is 0 Å². The lowest BCUT2D eigenvalue weighted by Gasteiger charge is -2.29. The Labute approximate surface area is 184 Å². The summed E-state index contributed by atoms with van der Waals surface area (Å²) in [4.78, 5) is 12.2. The highest BCUT2D eigenvalue weighted by atomic mass is 16.6. The quantitative estimate of drug-likeness (QED) is 0.421. The lowest BCUT2D eigenvalue weighted by molar-refractivity contribution is -0.160. The molecule has 30 heavy (non-hydrogen) atoms. The van der Waals surface area contributed by atoms with E-state index in [0.717, 1.165) is 18.4 Å². The highest BCUT2D eigenvalue weighted by Crippen LogP contribution is 2.26. The van der Waals surface area contributed by atoms with E-state index in [4.69, 9.17) is 9.47 Å². The lowest BCUT2D eigenvalue weighted by Crippen LogP contribution is -2.31. The van der Waals surface area contributed by atoms with Crippen LogP contribution >= 0.6 is 0 Å². The molecule has 0 saturated carbocycles. The number of aliphatic hydroxyl groups excluding tert-OH is 1. The molecule has 4 nitrogen and oxygen atoms in total. The summed E-state index contributed by atoms with van der Waals surface area (Å²) in [7, 11) is 0. The summed E-state index contributed by atoms with van der Waals surface area (Å²) < 4.78 is 11.6. The van der Waals surface area contributed by atoms with Crippen LogP contribution in [0.1, 0.15) is 80.2 Å². The van der Waals surface area contributed by atoms with Crippen LogP contribution in [0.5, 0.6) is 0 Å². The second kappa shape index (κ2) is 12.5. The molecule has 0 aromatic heterocycles. The van der Waals surface area contributed by atoms with Crippen molar-refractivity contribution < 1.29 is 19.4 Å². The molecule has 0 spiro atoms. The third-order valence-electron chi connectivity index (χ3n) is 5.52. The van der Waals surface area contributed by atoms with Crippen LogP contribution in [0.4, 0.5) is 0 Å². The summed E-state index contributed by atoms with van der Waals surface area (Å²) in [5.41, 5.74) is 0.694. The van der Waals surface area contributed by atoms with Gasteiger partial charge in [0.1, 0.15) is 5.60 Å². The van der Waals surface area contributed by atoms with E-state index in [2.05, 4.69) is 39.8 Å². The molecule has 0 saturated heterocycles. The molecule has 0 unspecified atom stereocenters. The van der Waals surface area contributed by atoms with Gasteiger partial charge in [0.15, 0.2) is 0 Å². The van der Waals surface area contributed by atoms with Gasteiger partial charge in [-0.15, -0.1) is 0 Å². The molecule has 1 N–H and O–H groups in total. The van der Waals surface area contributed by atoms with Crippen molar-refractivity contribution in [1.29, 1.82) is 0 Å². The molecular formula is C26H44O4. The van der Waals surface area contributed by atoms with Gasteiger partial charge in [-0.25, -0.2) is 0 Å². The van der Waals surface area contributed by atoms with Gasteiger partial charge in [-0.2, -0.15) is 0 Å². The molecule has 172 valence electrons. The topological polar surface area (TPSA) is 55.8 Å². The summed E-state index contributed by atoms with van der Waals surface area (Å²) in [6.07, 6.45) is 1.85. The first-order valence-corrected chi connectivity index (χ1v) is 11.5. The molecule has 0 fully saturated rings. The zero-order valence-corrected chi connectivity index (χ0v) is 20.4. The Balaban J connectivity index is 2.50. The Bertz CT molecular complexity index is 605. The zero-order valence-electron chi connectivity index (χ0n) is 20.4. The Morgan fingerprint density at radius 3 is 2.10 bits per heavy atom. The van der Waals surface area contributed by atoms with Crippen molar-refractivity contribution >= 4 is 5.97 Å². The molecule has 4 heteroatoms. The second-order valence-corrected chi connectivity index (χ2v) is 10.4. The molecule has 0 aliphatic carbocycles. The molecule has 0 radical (unpaired) electrons. The van der Waals surface area contributed by atoms with Gasteiger partial charge < -0.3 is 14.6 Å². The number of hydrogen-bond acceptors (Lipinski definition) is 4. The fourth-order valence-electron chi connectivity index (χ4n) is 3.77. The van der Waals surface area contributed by atoms with Gasteiger partial charge in [0, 0.05) is 6.42 Å². The molecule has 1 aromatic rings. The minimum atomic E-state index is -0.455. The average molecular weight is 421 g/mol. The Hall–Kier alpha value is -1.39. The van der Waals surface area contributed by atoms with Crippen LogP contribution in [0.25, 0.3) is 0 Å². The predicted molar refractivity (Wildman–Crippen MR) is 123 cm³/mol. The molecular weight excluding hydrogens is 376 g/mol. The number of aliphatic hydroxyl groups is 1. The van der Waals surface area contributed by atoms with E-state index in [1.165, 1.54) is 0 Å². The fourth-order valence-corrected chi connectivity index (χ4v) is 3.77. The van der Waals surface area contributed by atoms with E-state index < -0.39 is 11.7 Å². The molecule has 5 atom stereocenters. The van der Waals surface area contributed by atoms with Gasteiger partial charge in [-0.05, 0) is 56.9 Å². The smallest absolute Gasteiger partial charge is 0.309 e. The average Bonchev–Trinajstić information content (AvgIpc) is 2.63. The van der Waals surface area contributed by atoms with E-state index in [1.807, 2.05) is 45.9 Å². The van der Waals surface area contributed by atoms with Crippen LogP contribution in [0, 0.1) is 23.7 Å². The van der Waals surface area contributed by atoms with Crippen molar-refractivity contribution in [2.24, 2.45) is 23.7 Å². The van der Waals surface area contributed by atoms with Crippen molar-refractivity contribution in [3.8, 4) is 0 Å². The maximum atomic E-state index is 12.2. The number of esters is 1. The minimum Gasteiger partial charge on any atom is -0.460 e. The predicted octanol–water partition coefficient (Wildman–Crippen LogP) is 6.01. The largest absolute Gasteiger partial charge is 0.460 e. The SMILES string of the molecule is CC(C)[C@H](C[C@H](O)[C@H](C)C[C@H](C)C[C@H](C)C(=O)OC(C)(C)C)OCc1ccccc1. The maximum absolute atomic E-state index is 12.2. The number of hydrogen-bond donors (Lipinski definition) is 1. The van der Waals surface area contributed by atoms with Gasteiger partial charge in [0.25, 0.3) is 0 Å². The number of carbonyl (C=O) groups is 1. The fraction of sp³-hybridized carbons (Fsp3) is 0.731. The molecule has 0 aliphatic heterocycles. The van der Waals surface area contributed by atoms with Gasteiger partial charge in [-0.3, -0.25) is 4.79 Å². The van der Waals surface area contributed by atoms with Gasteiger partial charge in [0.05, 0.1) is 24.7 Å². The first-order chi connectivity index (χ1) is 13.9. The summed E-state index contributed by atoms with van der Waals surface area (Å²) in [5.74, 6) is 0.533. The van der Waals surface area contributed by atoms with E-state index >= 15 is 0 Å². The third-order valence-corrected chi connectivity index (χ3v) is 5.52. The first kappa shape index (κ1) is 26.6. The minimum absolute atomic E-state index is 0.0126. The molecule has 0 heterocycles. The first-order valence-electron chi connectivity index (χ1n) is 11.5. The van der Waals surface area contributed by atoms with Gasteiger partial charge >= 0.3 is 5.97 Å². The number of carbonyl (C=O) groups excluding carboxylic acids is 1. The number of rotatable bonds is 12. The lowest BCUT2D eigenvalue weighted by atomic mass is 9.85. The van der Waals surface area contributed by atoms with Crippen LogP contribution in [0.3, 0.4) is 0 Å². The maximum Gasteiger partial charge on any atom is 0.309 e. The summed E-state index contributed by atoms with van der Waals surface area (Å²) in [6, 6.07) is 10.1. The van der Waals surface area contributed by atoms with E-state index in [1.54, 1.807) is 0 Å². The zero-order chi connectivity index (χ0) is 22.9. The van der Waals surface area contributed by atoms with E-state index in [-0.39, 0.29) is 23.9 Å². The Kier molecular flexibility index (Phi) is 11.1. The van der Waals surface area contributed by atoms with Gasteiger partial charge in [0.2, 0.25) is 0 Å². The third kappa shape index (κ3) is 10.6. The van der Waals surface area contributed by atoms with Crippen LogP contribution < -0.4 is 0 Å². The Morgan fingerprint density at radius 1 is 0.967 bits per heavy atom. The van der Waals surface area contributed by atoms with E-state index in [9.17, 15) is 9.90 Å². The molecule has 0 aliphatic rings. The number of ether oxygens (including phenoxy) is 2. The highest BCUT2D eigenvalue weighted by Gasteiger charge is 2.27. The summed E-state index contributed by atoms with van der Waals surface area (Å²) in [6.45, 7) is 16.7. The second-order valence-electron chi connectivity index (χ2n) is 10.4. The van der Waals surface area contributed by atoms with Crippen LogP contribution in [0.15, 0.2) is 30.3 Å². The molecule has 1 rings (SSSR count). The standard InChI is InChI=1S/C26H44O4/c1-18(2)24(29-17-22-12-10-9-11-13-22)16-23(27)20(4)14-19(3)15-21(5)25(28)30-26(6,7)8/h9-13,18-21,23-24,27H,14-17H2,1-8H3/t19-,20+,21-,23-,24-/m0/s1. The summed E-state index contributed by atoms with van der Waals surface area (Å²) in [5, 5.41) is 10.8. The van der Waals surface area contributed by atoms with Crippen molar-refractivity contribution in [2.75, 3.05) is 0 Å². The number of benzene rings is 1. The van der Waals surface area contributed by atoms with Crippen molar-refractivity contribution in [3.63, 3.8) is 0 Å². The van der Waals surface area contributed by atoms with Crippen LogP contribution in [0.2, 0.25) is 0 Å². The highest BCUT2D eigenvalue weighted by molar-refractivity contribution is 5.72. The molecule has 0 bridgehead atoms. The van der Waals surface area contributed by atoms with Crippen LogP contribution in [-0.2, 0) is 20.9 Å². The normalized spacial score (nSPS) is 17.3. The molecule has 0 amide bonds. The van der Waals surface area contributed by atoms with Crippen molar-refractivity contribution in [3.05, 3.63) is 35.9 Å². The molecule has 1 aromatic carbocycles. The van der Waals surface area contributed by atoms with Gasteiger partial charge in [-0.1, -0.05) is 65.0 Å². The Morgan fingerprint density at radius 2 is 1.57 bits per heavy atom. The van der Waals surface area contributed by atoms with Crippen molar-refractivity contribution in [2.45, 2.75) is 99.1 Å². The van der Waals surface area contributed by atoms with E-state index in [0.29, 0.717) is 24.9 Å². The summed E-state index contributed by atoms with van der Waals surface area (Å²) >= 11 is 0. The van der Waals surface area contributed by atoms with Crippen LogP contribution in [-0.4, -0.2) is 28.9 Å².